The van der Waals surface area contributed by atoms with Crippen LogP contribution in [0.2, 0.25) is 0 Å². The highest BCUT2D eigenvalue weighted by Crippen LogP contribution is 2.33. The van der Waals surface area contributed by atoms with Crippen LogP contribution in [0.1, 0.15) is 80.7 Å². The zero-order valence-corrected chi connectivity index (χ0v) is 55.7. The zero-order chi connectivity index (χ0) is 71.8. The van der Waals surface area contributed by atoms with Gasteiger partial charge < -0.3 is 37.6 Å². The Morgan fingerprint density at radius 3 is 1.02 bits per heavy atom. The van der Waals surface area contributed by atoms with Gasteiger partial charge in [-0.1, -0.05) is 218 Å². The number of nitrogens with zero attached hydrogens (tertiary/aromatic N) is 4. The minimum Gasteiger partial charge on any atom is -0.485 e. The van der Waals surface area contributed by atoms with Gasteiger partial charge in [0.2, 0.25) is 0 Å². The largest absolute Gasteiger partial charge is 0.485 e. The molecule has 0 saturated carbocycles. The number of rotatable bonds is 23. The number of terminal acetylenes is 3. The molecule has 18 heteroatoms. The van der Waals surface area contributed by atoms with Crippen molar-refractivity contribution in [2.75, 3.05) is 0 Å². The summed E-state index contributed by atoms with van der Waals surface area (Å²) in [6.07, 6.45) is 18.6. The van der Waals surface area contributed by atoms with Gasteiger partial charge in [0, 0.05) is 18.2 Å². The zero-order valence-electron chi connectivity index (χ0n) is 55.7. The number of nitrogen functional groups attached to an aromatic ring is 1. The van der Waals surface area contributed by atoms with Crippen LogP contribution in [-0.2, 0) is 51.0 Å². The van der Waals surface area contributed by atoms with Gasteiger partial charge in [-0.05, 0) is 95.2 Å². The fourth-order valence-electron chi connectivity index (χ4n) is 8.06. The van der Waals surface area contributed by atoms with E-state index in [2.05, 4.69) is 83.9 Å². The quantitative estimate of drug-likeness (QED) is 0.0178. The van der Waals surface area contributed by atoms with Crippen molar-refractivity contribution in [1.29, 1.82) is 0 Å². The number of carbonyl (C=O) groups is 2. The average molecular weight is 1340 g/mol. The number of H-pyrrole nitrogens is 1. The second-order valence-corrected chi connectivity index (χ2v) is 20.2. The Labute approximate surface area is 588 Å². The third-order valence-corrected chi connectivity index (χ3v) is 13.0. The number of nitrogens with two attached hydrogens (primary N) is 1. The van der Waals surface area contributed by atoms with E-state index < -0.39 is 17.6 Å². The summed E-state index contributed by atoms with van der Waals surface area (Å²) in [6, 6.07) is 72.9. The fourth-order valence-corrected chi connectivity index (χ4v) is 8.06. The minimum atomic E-state index is -0.645. The van der Waals surface area contributed by atoms with Crippen LogP contribution in [0.15, 0.2) is 258 Å². The van der Waals surface area contributed by atoms with Crippen molar-refractivity contribution in [2.24, 2.45) is 5.84 Å². The van der Waals surface area contributed by atoms with Crippen LogP contribution in [0.5, 0.6) is 34.5 Å². The smallest absolute Gasteiger partial charge is 0.434 e. The minimum absolute atomic E-state index is 0.0872. The molecule has 0 aliphatic carbocycles. The first-order chi connectivity index (χ1) is 49.6. The van der Waals surface area contributed by atoms with Crippen LogP contribution in [0.3, 0.4) is 0 Å². The number of amides is 1. The van der Waals surface area contributed by atoms with Crippen LogP contribution in [0.4, 0.5) is 0 Å². The van der Waals surface area contributed by atoms with Crippen LogP contribution >= 0.6 is 0 Å². The number of hydrazine groups is 1. The number of pyridine rings is 3. The number of hydrogen-bond acceptors (Lipinski definition) is 16. The number of benzene rings is 7. The van der Waals surface area contributed by atoms with Gasteiger partial charge in [-0.25, -0.2) is 35.5 Å². The van der Waals surface area contributed by atoms with Gasteiger partial charge in [0.25, 0.3) is 11.8 Å². The van der Waals surface area contributed by atoms with Crippen LogP contribution < -0.4 is 45.4 Å². The van der Waals surface area contributed by atoms with Gasteiger partial charge >= 0.3 is 11.7 Å². The topological polar surface area (TPSA) is 234 Å². The van der Waals surface area contributed by atoms with Crippen molar-refractivity contribution < 1.29 is 47.2 Å². The number of hydrogen-bond donors (Lipinski definition) is 3. The summed E-state index contributed by atoms with van der Waals surface area (Å²) in [5, 5.41) is 6.03. The van der Waals surface area contributed by atoms with Crippen molar-refractivity contribution in [2.45, 2.75) is 67.0 Å². The number of carbonyl (C=O) groups excluding carboxylic acids is 2. The Morgan fingerprint density at radius 1 is 0.416 bits per heavy atom. The van der Waals surface area contributed by atoms with E-state index in [-0.39, 0.29) is 23.9 Å². The van der Waals surface area contributed by atoms with Crippen molar-refractivity contribution >= 4 is 11.9 Å². The lowest BCUT2D eigenvalue weighted by atomic mass is 10.2. The molecular weight excluding hydrogens is 1270 g/mol. The number of esters is 1. The van der Waals surface area contributed by atoms with E-state index in [1.165, 1.54) is 24.7 Å². The third-order valence-electron chi connectivity index (χ3n) is 13.0. The monoisotopic (exact) mass is 1340 g/mol. The molecule has 0 aliphatic heterocycles. The fraction of sp³-hybridized carbons (Fsp3) is 0.120. The third kappa shape index (κ3) is 28.9. The van der Waals surface area contributed by atoms with E-state index in [4.69, 9.17) is 62.7 Å². The van der Waals surface area contributed by atoms with Crippen LogP contribution in [-0.4, -0.2) is 37.0 Å². The van der Waals surface area contributed by atoms with Gasteiger partial charge in [-0.3, -0.25) is 10.2 Å². The SMILES string of the molecule is C#CC#CC.C#CC#CC#C.CC#CC.NNC(=O)c1cc(OCc2ccccc2)c(OCc2ccccc2)cn1.O=C(OCc1ccccc1)c1cc(OCc2ccccc2)c(OCc2ccccc2)cn1.O=c1[nH]nc(-c2cc(OCc3ccccc3)c(OCc3ccccc3)cn2)o1. The van der Waals surface area contributed by atoms with Crippen molar-refractivity contribution in [3.8, 4) is 119 Å². The van der Waals surface area contributed by atoms with Gasteiger partial charge in [0.1, 0.15) is 57.6 Å². The summed E-state index contributed by atoms with van der Waals surface area (Å²) in [6.45, 7) is 7.67. The van der Waals surface area contributed by atoms with E-state index in [9.17, 15) is 14.4 Å². The van der Waals surface area contributed by atoms with Crippen LogP contribution in [0, 0.1) is 72.6 Å². The number of aromatic nitrogens is 5. The Kier molecular flexibility index (Phi) is 34.2. The average Bonchev–Trinajstić information content (AvgIpc) is 1.81. The van der Waals surface area contributed by atoms with Gasteiger partial charge in [0.05, 0.1) is 18.6 Å². The number of ether oxygens (including phenoxy) is 7. The molecule has 4 heterocycles. The predicted octanol–water partition coefficient (Wildman–Crippen LogP) is 14.0. The first kappa shape index (κ1) is 76.0. The maximum atomic E-state index is 12.6. The van der Waals surface area contributed by atoms with E-state index >= 15 is 0 Å². The highest BCUT2D eigenvalue weighted by molar-refractivity contribution is 5.92. The molecule has 4 N–H and O–H groups in total. The van der Waals surface area contributed by atoms with E-state index in [1.54, 1.807) is 19.1 Å². The van der Waals surface area contributed by atoms with Gasteiger partial charge in [0.15, 0.2) is 40.2 Å². The summed E-state index contributed by atoms with van der Waals surface area (Å²) in [4.78, 5) is 48.1. The molecule has 0 saturated heterocycles. The Balaban J connectivity index is 0.000000217. The van der Waals surface area contributed by atoms with Crippen molar-refractivity contribution in [1.82, 2.24) is 30.6 Å². The van der Waals surface area contributed by atoms with E-state index in [1.807, 2.05) is 226 Å². The summed E-state index contributed by atoms with van der Waals surface area (Å²) < 4.78 is 45.9. The van der Waals surface area contributed by atoms with Gasteiger partial charge in [-0.2, -0.15) is 0 Å². The summed E-state index contributed by atoms with van der Waals surface area (Å²) in [7, 11) is 0. The standard InChI is InChI=1S/C27H23NO4.C21H17N3O4.C20H19N3O3.C6H2.C5H4.C4H6/c29-27(32-20-23-14-8-3-9-15-23)24-16-25(30-18-21-10-4-1-5-11-21)26(17-28-24)31-19-22-12-6-2-7-13-22;25-21-24-23-20(28-21)17-11-18(26-13-15-7-3-1-4-8-15)19(12-22-17)27-14-16-9-5-2-6-10-16;21-23-20(24)17-11-18(25-13-15-7-3-1-4-8-15)19(12-22-17)26-14-16-9-5-2-6-10-16;1-3-5-6-4-2;1-3-5-4-2;1-3-4-2/h1-17H,18-20H2;1-12H,13-14H2,(H,24,25);1-12H,13-14,21H2,(H,23,24);1-2H;1H,2H3;1-2H3. The summed E-state index contributed by atoms with van der Waals surface area (Å²) >= 11 is 0. The number of aromatic amines is 1. The number of nitrogens with one attached hydrogen (secondary N) is 2. The first-order valence-electron chi connectivity index (χ1n) is 31.0. The highest BCUT2D eigenvalue weighted by atomic mass is 16.5. The second kappa shape index (κ2) is 45.4. The molecule has 11 rings (SSSR count). The lowest BCUT2D eigenvalue weighted by Crippen LogP contribution is -2.30. The first-order valence-corrected chi connectivity index (χ1v) is 31.0. The molecule has 0 bridgehead atoms. The highest BCUT2D eigenvalue weighted by Gasteiger charge is 2.18. The normalized spacial score (nSPS) is 9.32. The predicted molar refractivity (Wildman–Crippen MR) is 388 cm³/mol. The maximum Gasteiger partial charge on any atom is 0.434 e. The maximum absolute atomic E-state index is 12.6. The molecule has 0 unspecified atom stereocenters. The lowest BCUT2D eigenvalue weighted by molar-refractivity contribution is 0.0464. The molecular formula is C83H71N7O11. The Bertz CT molecular complexity index is 4660. The second-order valence-electron chi connectivity index (χ2n) is 20.2. The molecule has 18 nitrogen and oxygen atoms in total. The molecule has 4 aromatic heterocycles. The molecule has 0 aliphatic rings. The van der Waals surface area contributed by atoms with Crippen molar-refractivity contribution in [3.05, 3.63) is 310 Å². The summed E-state index contributed by atoms with van der Waals surface area (Å²) in [5.41, 5.74) is 9.75. The molecule has 0 spiro atoms. The van der Waals surface area contributed by atoms with E-state index in [0.29, 0.717) is 79.8 Å². The summed E-state index contributed by atoms with van der Waals surface area (Å²) in [5.74, 6) is 27.4. The Hall–Kier alpha value is -14.0. The molecule has 0 atom stereocenters. The molecule has 504 valence electrons. The van der Waals surface area contributed by atoms with E-state index in [0.717, 1.165) is 38.9 Å². The molecule has 0 radical (unpaired) electrons. The molecule has 7 aromatic carbocycles. The molecule has 0 fully saturated rings. The lowest BCUT2D eigenvalue weighted by Gasteiger charge is -2.14. The molecule has 1 amide bonds. The van der Waals surface area contributed by atoms with Crippen molar-refractivity contribution in [3.63, 3.8) is 0 Å². The molecule has 101 heavy (non-hydrogen) atoms. The van der Waals surface area contributed by atoms with Crippen LogP contribution in [0.25, 0.3) is 11.6 Å². The van der Waals surface area contributed by atoms with Gasteiger partial charge in [-0.15, -0.1) is 36.2 Å². The molecule has 11 aromatic rings. The Morgan fingerprint density at radius 2 is 0.723 bits per heavy atom.